The van der Waals surface area contributed by atoms with Gasteiger partial charge >= 0.3 is 11.9 Å². The van der Waals surface area contributed by atoms with Gasteiger partial charge in [-0.1, -0.05) is 54.6 Å². The van der Waals surface area contributed by atoms with Crippen LogP contribution >= 0.6 is 0 Å². The highest BCUT2D eigenvalue weighted by molar-refractivity contribution is 5.95. The van der Waals surface area contributed by atoms with E-state index in [1.165, 1.54) is 0 Å². The van der Waals surface area contributed by atoms with E-state index in [2.05, 4.69) is 16.0 Å². The van der Waals surface area contributed by atoms with Crippen LogP contribution in [0.25, 0.3) is 0 Å². The first-order chi connectivity index (χ1) is 19.5. The van der Waals surface area contributed by atoms with Crippen molar-refractivity contribution < 1.29 is 43.7 Å². The predicted molar refractivity (Wildman–Crippen MR) is 143 cm³/mol. The van der Waals surface area contributed by atoms with Gasteiger partial charge in [-0.15, -0.1) is 0 Å². The normalized spacial score (nSPS) is 15.2. The zero-order valence-corrected chi connectivity index (χ0v) is 21.9. The number of amidine groups is 1. The van der Waals surface area contributed by atoms with Gasteiger partial charge in [0, 0.05) is 17.5 Å². The monoisotopic (exact) mass is 569 g/mol. The number of carbonyl (C=O) groups excluding carboxylic acids is 3. The van der Waals surface area contributed by atoms with Gasteiger partial charge in [0.15, 0.2) is 0 Å². The Morgan fingerprint density at radius 3 is 2.10 bits per heavy atom. The molecule has 14 nitrogen and oxygen atoms in total. The molecule has 0 unspecified atom stereocenters. The lowest BCUT2D eigenvalue weighted by Crippen LogP contribution is -2.54. The largest absolute Gasteiger partial charge is 0.481 e. The Bertz CT molecular complexity index is 1280. The summed E-state index contributed by atoms with van der Waals surface area (Å²) in [5.41, 5.74) is 7.08. The zero-order chi connectivity index (χ0) is 30.0. The number of nitrogen functional groups attached to an aromatic ring is 1. The summed E-state index contributed by atoms with van der Waals surface area (Å²) in [5.74, 6) is -6.81. The van der Waals surface area contributed by atoms with Crippen molar-refractivity contribution in [2.45, 2.75) is 37.1 Å². The molecule has 0 aromatic heterocycles. The standard InChI is InChI=1S/C27H31N5O9/c28-24(29)17-6-8-18(9-7-17)27(40-10-11-41-27)14-21(33)30-15-22(34)31-19(13-23(35)36)25(37)32-20(26(38)39)12-16-4-2-1-3-5-16/h1-9,19-20H,10-15H2,(H3,28,29)(H,30,33)(H,31,34)(H,32,37)(H,35,36)(H,38,39)/t19-,20-/m0/s1. The number of carboxylic acid groups (broad SMARTS) is 2. The number of nitrogens with one attached hydrogen (secondary N) is 4. The molecule has 0 saturated carbocycles. The van der Waals surface area contributed by atoms with Crippen LogP contribution in [0.1, 0.15) is 29.5 Å². The molecule has 3 amide bonds. The van der Waals surface area contributed by atoms with Gasteiger partial charge in [-0.2, -0.15) is 0 Å². The third kappa shape index (κ3) is 8.84. The van der Waals surface area contributed by atoms with Crippen LogP contribution in [0.4, 0.5) is 0 Å². The SMILES string of the molecule is N=C(N)c1ccc(C2(CC(=O)NCC(=O)N[C@@H](CC(=O)O)C(=O)N[C@@H](Cc3ccccc3)C(=O)O)OCCO2)cc1. The number of benzene rings is 2. The molecule has 0 aliphatic carbocycles. The topological polar surface area (TPSA) is 230 Å². The van der Waals surface area contributed by atoms with Crippen molar-refractivity contribution in [3.8, 4) is 0 Å². The molecule has 0 spiro atoms. The number of amides is 3. The molecular formula is C27H31N5O9. The van der Waals surface area contributed by atoms with Gasteiger partial charge in [0.25, 0.3) is 0 Å². The first kappa shape index (κ1) is 30.7. The molecule has 1 heterocycles. The van der Waals surface area contributed by atoms with Crippen LogP contribution in [-0.2, 0) is 45.7 Å². The summed E-state index contributed by atoms with van der Waals surface area (Å²) in [6.45, 7) is -0.167. The molecule has 0 radical (unpaired) electrons. The van der Waals surface area contributed by atoms with Crippen molar-refractivity contribution in [1.29, 1.82) is 5.41 Å². The van der Waals surface area contributed by atoms with E-state index in [9.17, 15) is 34.2 Å². The minimum Gasteiger partial charge on any atom is -0.481 e. The number of carbonyl (C=O) groups is 5. The molecular weight excluding hydrogens is 538 g/mol. The molecule has 2 aromatic carbocycles. The maximum Gasteiger partial charge on any atom is 0.326 e. The maximum absolute atomic E-state index is 12.8. The second-order valence-corrected chi connectivity index (χ2v) is 9.20. The first-order valence-electron chi connectivity index (χ1n) is 12.6. The van der Waals surface area contributed by atoms with Gasteiger partial charge in [0.05, 0.1) is 32.6 Å². The Kier molecular flexibility index (Phi) is 10.5. The highest BCUT2D eigenvalue weighted by Crippen LogP contribution is 2.35. The molecule has 0 bridgehead atoms. The second kappa shape index (κ2) is 14.0. The Hall–Kier alpha value is -4.82. The van der Waals surface area contributed by atoms with Crippen LogP contribution in [-0.4, -0.2) is 77.6 Å². The van der Waals surface area contributed by atoms with Crippen molar-refractivity contribution in [1.82, 2.24) is 16.0 Å². The zero-order valence-electron chi connectivity index (χ0n) is 21.9. The minimum atomic E-state index is -1.60. The van der Waals surface area contributed by atoms with Gasteiger partial charge in [0.1, 0.15) is 17.9 Å². The number of ether oxygens (including phenoxy) is 2. The highest BCUT2D eigenvalue weighted by atomic mass is 16.7. The molecule has 2 aromatic rings. The lowest BCUT2D eigenvalue weighted by atomic mass is 10.00. The van der Waals surface area contributed by atoms with E-state index in [1.54, 1.807) is 54.6 Å². The quantitative estimate of drug-likeness (QED) is 0.113. The van der Waals surface area contributed by atoms with E-state index < -0.39 is 60.5 Å². The van der Waals surface area contributed by atoms with Crippen LogP contribution in [0.15, 0.2) is 54.6 Å². The van der Waals surface area contributed by atoms with Gasteiger partial charge in [0.2, 0.25) is 23.5 Å². The second-order valence-electron chi connectivity index (χ2n) is 9.20. The summed E-state index contributed by atoms with van der Waals surface area (Å²) in [7, 11) is 0. The molecule has 14 heteroatoms. The fourth-order valence-corrected chi connectivity index (χ4v) is 4.13. The lowest BCUT2D eigenvalue weighted by Gasteiger charge is -2.27. The molecule has 8 N–H and O–H groups in total. The molecule has 3 rings (SSSR count). The molecule has 2 atom stereocenters. The molecule has 1 saturated heterocycles. The van der Waals surface area contributed by atoms with E-state index in [0.717, 1.165) is 0 Å². The van der Waals surface area contributed by atoms with Gasteiger partial charge in [-0.25, -0.2) is 4.79 Å². The minimum absolute atomic E-state index is 0.0604. The highest BCUT2D eigenvalue weighted by Gasteiger charge is 2.41. The van der Waals surface area contributed by atoms with E-state index in [4.69, 9.17) is 20.6 Å². The average Bonchev–Trinajstić information content (AvgIpc) is 3.41. The van der Waals surface area contributed by atoms with E-state index >= 15 is 0 Å². The third-order valence-corrected chi connectivity index (χ3v) is 6.16. The molecule has 1 aliphatic heterocycles. The van der Waals surface area contributed by atoms with E-state index in [1.807, 2.05) is 0 Å². The summed E-state index contributed by atoms with van der Waals surface area (Å²) in [6.07, 6.45) is -1.20. The number of rotatable bonds is 14. The first-order valence-corrected chi connectivity index (χ1v) is 12.6. The van der Waals surface area contributed by atoms with Crippen LogP contribution in [0.5, 0.6) is 0 Å². The molecule has 218 valence electrons. The van der Waals surface area contributed by atoms with Crippen molar-refractivity contribution in [2.24, 2.45) is 5.73 Å². The van der Waals surface area contributed by atoms with Gasteiger partial charge in [-0.3, -0.25) is 24.6 Å². The van der Waals surface area contributed by atoms with Gasteiger partial charge < -0.3 is 41.4 Å². The lowest BCUT2D eigenvalue weighted by molar-refractivity contribution is -0.177. The number of hydrogen-bond acceptors (Lipinski definition) is 8. The van der Waals surface area contributed by atoms with Crippen LogP contribution in [0, 0.1) is 5.41 Å². The van der Waals surface area contributed by atoms with Crippen molar-refractivity contribution in [3.63, 3.8) is 0 Å². The summed E-state index contributed by atoms with van der Waals surface area (Å²) in [6, 6.07) is 11.9. The number of nitrogens with two attached hydrogens (primary N) is 1. The Morgan fingerprint density at radius 1 is 0.902 bits per heavy atom. The number of hydrogen-bond donors (Lipinski definition) is 7. The Balaban J connectivity index is 1.59. The van der Waals surface area contributed by atoms with E-state index in [-0.39, 0.29) is 31.9 Å². The summed E-state index contributed by atoms with van der Waals surface area (Å²) in [5, 5.41) is 33.1. The van der Waals surface area contributed by atoms with E-state index in [0.29, 0.717) is 16.7 Å². The molecule has 1 fully saturated rings. The fourth-order valence-electron chi connectivity index (χ4n) is 4.13. The fraction of sp³-hybridized carbons (Fsp3) is 0.333. The van der Waals surface area contributed by atoms with Crippen molar-refractivity contribution in [2.75, 3.05) is 19.8 Å². The van der Waals surface area contributed by atoms with Crippen LogP contribution < -0.4 is 21.7 Å². The molecule has 41 heavy (non-hydrogen) atoms. The molecule has 1 aliphatic rings. The summed E-state index contributed by atoms with van der Waals surface area (Å²) in [4.78, 5) is 61.0. The Morgan fingerprint density at radius 2 is 1.54 bits per heavy atom. The smallest absolute Gasteiger partial charge is 0.326 e. The van der Waals surface area contributed by atoms with Crippen LogP contribution in [0.2, 0.25) is 0 Å². The van der Waals surface area contributed by atoms with Crippen molar-refractivity contribution >= 4 is 35.5 Å². The van der Waals surface area contributed by atoms with Gasteiger partial charge in [-0.05, 0) is 5.56 Å². The number of carboxylic acids is 2. The van der Waals surface area contributed by atoms with Crippen molar-refractivity contribution in [3.05, 3.63) is 71.3 Å². The maximum atomic E-state index is 12.8. The number of aliphatic carboxylic acids is 2. The van der Waals surface area contributed by atoms with Crippen LogP contribution in [0.3, 0.4) is 0 Å². The summed E-state index contributed by atoms with van der Waals surface area (Å²) < 4.78 is 11.4. The summed E-state index contributed by atoms with van der Waals surface area (Å²) >= 11 is 0. The Labute approximate surface area is 234 Å². The predicted octanol–water partition coefficient (Wildman–Crippen LogP) is -0.552. The third-order valence-electron chi connectivity index (χ3n) is 6.16. The average molecular weight is 570 g/mol.